The smallest absolute Gasteiger partial charge is 0.335 e. The number of carboxylic acid groups (broad SMARTS) is 1. The number of carboxylic acids is 1. The van der Waals surface area contributed by atoms with Crippen LogP contribution < -0.4 is 9.64 Å². The van der Waals surface area contributed by atoms with Crippen LogP contribution in [-0.2, 0) is 13.0 Å². The molecule has 0 amide bonds. The first kappa shape index (κ1) is 14.4. The van der Waals surface area contributed by atoms with E-state index in [0.29, 0.717) is 5.75 Å². The summed E-state index contributed by atoms with van der Waals surface area (Å²) in [6.45, 7) is 1.72. The predicted octanol–water partition coefficient (Wildman–Crippen LogP) is 3.35. The van der Waals surface area contributed by atoms with Crippen LogP contribution >= 0.6 is 0 Å². The molecular weight excluding hydrogens is 278 g/mol. The lowest BCUT2D eigenvalue weighted by Crippen LogP contribution is -2.28. The van der Waals surface area contributed by atoms with E-state index in [1.54, 1.807) is 19.2 Å². The zero-order chi connectivity index (χ0) is 15.5. The average molecular weight is 297 g/mol. The largest absolute Gasteiger partial charge is 0.496 e. The molecule has 0 saturated heterocycles. The minimum Gasteiger partial charge on any atom is -0.496 e. The highest BCUT2D eigenvalue weighted by Gasteiger charge is 2.18. The summed E-state index contributed by atoms with van der Waals surface area (Å²) < 4.78 is 5.38. The molecule has 4 heteroatoms. The van der Waals surface area contributed by atoms with Gasteiger partial charge in [-0.3, -0.25) is 0 Å². The first-order valence-electron chi connectivity index (χ1n) is 7.42. The molecule has 1 aliphatic rings. The van der Waals surface area contributed by atoms with Crippen LogP contribution in [0.1, 0.15) is 27.9 Å². The lowest BCUT2D eigenvalue weighted by atomic mass is 10.0. The van der Waals surface area contributed by atoms with Crippen LogP contribution in [0.25, 0.3) is 0 Å². The number of hydrogen-bond donors (Lipinski definition) is 1. The predicted molar refractivity (Wildman–Crippen MR) is 85.8 cm³/mol. The topological polar surface area (TPSA) is 49.8 Å². The maximum atomic E-state index is 11.1. The van der Waals surface area contributed by atoms with E-state index in [2.05, 4.69) is 29.2 Å². The molecule has 0 aromatic heterocycles. The summed E-state index contributed by atoms with van der Waals surface area (Å²) in [5.74, 6) is -0.309. The van der Waals surface area contributed by atoms with Gasteiger partial charge in [0.2, 0.25) is 0 Å². The Balaban J connectivity index is 1.89. The summed E-state index contributed by atoms with van der Waals surface area (Å²) in [5.41, 5.74) is 3.89. The van der Waals surface area contributed by atoms with Crippen LogP contribution in [0.2, 0.25) is 0 Å². The van der Waals surface area contributed by atoms with Crippen LogP contribution in [0.15, 0.2) is 42.5 Å². The van der Waals surface area contributed by atoms with E-state index in [0.717, 1.165) is 31.5 Å². The Kier molecular flexibility index (Phi) is 4.00. The number of benzene rings is 2. The molecule has 114 valence electrons. The molecule has 0 fully saturated rings. The summed E-state index contributed by atoms with van der Waals surface area (Å²) in [4.78, 5) is 13.4. The highest BCUT2D eigenvalue weighted by Crippen LogP contribution is 2.30. The lowest BCUT2D eigenvalue weighted by molar-refractivity contribution is 0.0696. The summed E-state index contributed by atoms with van der Waals surface area (Å²) >= 11 is 0. The van der Waals surface area contributed by atoms with E-state index >= 15 is 0 Å². The van der Waals surface area contributed by atoms with E-state index in [4.69, 9.17) is 9.84 Å². The van der Waals surface area contributed by atoms with E-state index in [1.807, 2.05) is 6.07 Å². The standard InChI is InChI=1S/C18H19NO3/c1-22-17-11-14(18(20)21)8-9-15(17)12-19-10-4-6-13-5-2-3-7-16(13)19/h2-3,5,7-9,11H,4,6,10,12H2,1H3,(H,20,21). The third-order valence-electron chi connectivity index (χ3n) is 4.10. The molecule has 22 heavy (non-hydrogen) atoms. The maximum absolute atomic E-state index is 11.1. The molecule has 3 rings (SSSR count). The first-order chi connectivity index (χ1) is 10.7. The normalized spacial score (nSPS) is 13.6. The quantitative estimate of drug-likeness (QED) is 0.940. The molecule has 0 radical (unpaired) electrons. The number of ether oxygens (including phenoxy) is 1. The maximum Gasteiger partial charge on any atom is 0.335 e. The highest BCUT2D eigenvalue weighted by molar-refractivity contribution is 5.88. The molecule has 0 atom stereocenters. The summed E-state index contributed by atoms with van der Waals surface area (Å²) in [6, 6.07) is 13.5. The SMILES string of the molecule is COc1cc(C(=O)O)ccc1CN1CCCc2ccccc21. The van der Waals surface area contributed by atoms with Gasteiger partial charge in [0.15, 0.2) is 0 Å². The highest BCUT2D eigenvalue weighted by atomic mass is 16.5. The first-order valence-corrected chi connectivity index (χ1v) is 7.42. The number of fused-ring (bicyclic) bond motifs is 1. The van der Waals surface area contributed by atoms with Crippen molar-refractivity contribution in [2.24, 2.45) is 0 Å². The minimum atomic E-state index is -0.937. The Hall–Kier alpha value is -2.49. The fourth-order valence-corrected chi connectivity index (χ4v) is 2.99. The van der Waals surface area contributed by atoms with Crippen molar-refractivity contribution in [3.05, 3.63) is 59.2 Å². The number of nitrogens with zero attached hydrogens (tertiary/aromatic N) is 1. The Bertz CT molecular complexity index is 696. The molecule has 4 nitrogen and oxygen atoms in total. The van der Waals surface area contributed by atoms with Crippen molar-refractivity contribution in [1.29, 1.82) is 0 Å². The number of aromatic carboxylic acids is 1. The second kappa shape index (κ2) is 6.10. The molecular formula is C18H19NO3. The van der Waals surface area contributed by atoms with Gasteiger partial charge in [-0.15, -0.1) is 0 Å². The average Bonchev–Trinajstić information content (AvgIpc) is 2.55. The van der Waals surface area contributed by atoms with E-state index in [9.17, 15) is 4.79 Å². The Morgan fingerprint density at radius 1 is 1.27 bits per heavy atom. The molecule has 0 aliphatic carbocycles. The van der Waals surface area contributed by atoms with Crippen LogP contribution in [-0.4, -0.2) is 24.7 Å². The van der Waals surface area contributed by atoms with Gasteiger partial charge in [0.05, 0.1) is 12.7 Å². The Morgan fingerprint density at radius 3 is 2.86 bits per heavy atom. The molecule has 2 aromatic carbocycles. The summed E-state index contributed by atoms with van der Waals surface area (Å²) in [7, 11) is 1.58. The van der Waals surface area contributed by atoms with Gasteiger partial charge in [-0.1, -0.05) is 24.3 Å². The van der Waals surface area contributed by atoms with E-state index < -0.39 is 5.97 Å². The van der Waals surface area contributed by atoms with Crippen molar-refractivity contribution in [3.63, 3.8) is 0 Å². The molecule has 0 bridgehead atoms. The number of methoxy groups -OCH3 is 1. The summed E-state index contributed by atoms with van der Waals surface area (Å²) in [6.07, 6.45) is 2.24. The van der Waals surface area contributed by atoms with Gasteiger partial charge in [0.25, 0.3) is 0 Å². The van der Waals surface area contributed by atoms with Crippen LogP contribution in [0.4, 0.5) is 5.69 Å². The zero-order valence-corrected chi connectivity index (χ0v) is 12.6. The Morgan fingerprint density at radius 2 is 2.09 bits per heavy atom. The molecule has 1 heterocycles. The van der Waals surface area contributed by atoms with Crippen molar-refractivity contribution in [2.75, 3.05) is 18.6 Å². The van der Waals surface area contributed by atoms with Crippen molar-refractivity contribution < 1.29 is 14.6 Å². The van der Waals surface area contributed by atoms with Gasteiger partial charge in [-0.25, -0.2) is 4.79 Å². The summed E-state index contributed by atoms with van der Waals surface area (Å²) in [5, 5.41) is 9.08. The van der Waals surface area contributed by atoms with Crippen molar-refractivity contribution in [2.45, 2.75) is 19.4 Å². The number of anilines is 1. The fraction of sp³-hybridized carbons (Fsp3) is 0.278. The third kappa shape index (κ3) is 2.77. The number of hydrogen-bond acceptors (Lipinski definition) is 3. The van der Waals surface area contributed by atoms with Crippen molar-refractivity contribution in [1.82, 2.24) is 0 Å². The molecule has 0 saturated carbocycles. The van der Waals surface area contributed by atoms with Crippen molar-refractivity contribution >= 4 is 11.7 Å². The monoisotopic (exact) mass is 297 g/mol. The van der Waals surface area contributed by atoms with Crippen molar-refractivity contribution in [3.8, 4) is 5.75 Å². The van der Waals surface area contributed by atoms with Crippen LogP contribution in [0.3, 0.4) is 0 Å². The minimum absolute atomic E-state index is 0.250. The number of carbonyl (C=O) groups is 1. The molecule has 0 unspecified atom stereocenters. The number of aryl methyl sites for hydroxylation is 1. The van der Waals surface area contributed by atoms with Gasteiger partial charge < -0.3 is 14.7 Å². The van der Waals surface area contributed by atoms with Gasteiger partial charge in [-0.05, 0) is 36.6 Å². The van der Waals surface area contributed by atoms with Gasteiger partial charge >= 0.3 is 5.97 Å². The lowest BCUT2D eigenvalue weighted by Gasteiger charge is -2.31. The number of para-hydroxylation sites is 1. The van der Waals surface area contributed by atoms with Gasteiger partial charge in [-0.2, -0.15) is 0 Å². The molecule has 1 N–H and O–H groups in total. The second-order valence-corrected chi connectivity index (χ2v) is 5.49. The van der Waals surface area contributed by atoms with Crippen LogP contribution in [0.5, 0.6) is 5.75 Å². The van der Waals surface area contributed by atoms with Crippen LogP contribution in [0, 0.1) is 0 Å². The number of rotatable bonds is 4. The Labute approximate surface area is 130 Å². The van der Waals surface area contributed by atoms with E-state index in [-0.39, 0.29) is 5.56 Å². The zero-order valence-electron chi connectivity index (χ0n) is 12.6. The van der Waals surface area contributed by atoms with E-state index in [1.165, 1.54) is 11.3 Å². The van der Waals surface area contributed by atoms with Gasteiger partial charge in [0, 0.05) is 24.3 Å². The molecule has 0 spiro atoms. The molecule has 2 aromatic rings. The molecule has 1 aliphatic heterocycles. The third-order valence-corrected chi connectivity index (χ3v) is 4.10. The van der Waals surface area contributed by atoms with Gasteiger partial charge in [0.1, 0.15) is 5.75 Å². The fourth-order valence-electron chi connectivity index (χ4n) is 2.99. The second-order valence-electron chi connectivity index (χ2n) is 5.49.